The maximum atomic E-state index is 12.2. The fourth-order valence-corrected chi connectivity index (χ4v) is 3.88. The van der Waals surface area contributed by atoms with Gasteiger partial charge in [-0.2, -0.15) is 4.31 Å². The molecule has 0 radical (unpaired) electrons. The number of nitrogens with zero attached hydrogens (tertiary/aromatic N) is 2. The van der Waals surface area contributed by atoms with E-state index in [9.17, 15) is 8.42 Å². The highest BCUT2D eigenvalue weighted by Crippen LogP contribution is 2.24. The van der Waals surface area contributed by atoms with E-state index in [1.807, 2.05) is 0 Å². The minimum absolute atomic E-state index is 0.260. The molecule has 0 saturated carbocycles. The van der Waals surface area contributed by atoms with Crippen LogP contribution in [0.5, 0.6) is 0 Å². The lowest BCUT2D eigenvalue weighted by atomic mass is 10.2. The predicted octanol–water partition coefficient (Wildman–Crippen LogP) is 1.87. The Morgan fingerprint density at radius 1 is 1.50 bits per heavy atom. The molecule has 1 saturated heterocycles. The predicted molar refractivity (Wildman–Crippen MR) is 64.5 cm³/mol. The summed E-state index contributed by atoms with van der Waals surface area (Å²) in [4.78, 5) is 4.15. The number of hydrogen-bond donors (Lipinski definition) is 0. The standard InChI is InChI=1S/C10H13BrN2O2S/c1-8-2-3-13(7-8)16(14,15)10-4-9(11)5-12-6-10/h4-6,8H,2-3,7H2,1H3/t8-/m0/s1. The molecule has 2 heterocycles. The van der Waals surface area contributed by atoms with Crippen molar-refractivity contribution in [1.82, 2.24) is 9.29 Å². The summed E-state index contributed by atoms with van der Waals surface area (Å²) in [6.45, 7) is 3.28. The molecule has 0 bridgehead atoms. The topological polar surface area (TPSA) is 50.3 Å². The van der Waals surface area contributed by atoms with E-state index in [-0.39, 0.29) is 4.90 Å². The first kappa shape index (κ1) is 12.0. The van der Waals surface area contributed by atoms with E-state index >= 15 is 0 Å². The van der Waals surface area contributed by atoms with Crippen molar-refractivity contribution in [1.29, 1.82) is 0 Å². The van der Waals surface area contributed by atoms with Gasteiger partial charge in [0.25, 0.3) is 0 Å². The van der Waals surface area contributed by atoms with Crippen LogP contribution in [0.1, 0.15) is 13.3 Å². The van der Waals surface area contributed by atoms with E-state index in [1.165, 1.54) is 10.5 Å². The van der Waals surface area contributed by atoms with Gasteiger partial charge in [0.15, 0.2) is 0 Å². The Bertz CT molecular complexity index is 489. The second kappa shape index (κ2) is 4.43. The number of sulfonamides is 1. The fourth-order valence-electron chi connectivity index (χ4n) is 1.80. The van der Waals surface area contributed by atoms with E-state index in [0.29, 0.717) is 23.5 Å². The summed E-state index contributed by atoms with van der Waals surface area (Å²) in [5.41, 5.74) is 0. The van der Waals surface area contributed by atoms with Crippen molar-refractivity contribution in [3.63, 3.8) is 0 Å². The largest absolute Gasteiger partial charge is 0.262 e. The number of hydrogen-bond acceptors (Lipinski definition) is 3. The molecule has 6 heteroatoms. The fraction of sp³-hybridized carbons (Fsp3) is 0.500. The Morgan fingerprint density at radius 2 is 2.25 bits per heavy atom. The molecule has 4 nitrogen and oxygen atoms in total. The van der Waals surface area contributed by atoms with Crippen molar-refractivity contribution in [3.05, 3.63) is 22.9 Å². The molecule has 1 atom stereocenters. The summed E-state index contributed by atoms with van der Waals surface area (Å²) >= 11 is 3.23. The van der Waals surface area contributed by atoms with Crippen LogP contribution in [-0.4, -0.2) is 30.8 Å². The molecule has 0 N–H and O–H groups in total. The minimum Gasteiger partial charge on any atom is -0.262 e. The van der Waals surface area contributed by atoms with Gasteiger partial charge in [-0.15, -0.1) is 0 Å². The Balaban J connectivity index is 2.32. The highest BCUT2D eigenvalue weighted by molar-refractivity contribution is 9.10. The van der Waals surface area contributed by atoms with Crippen molar-refractivity contribution in [2.24, 2.45) is 5.92 Å². The monoisotopic (exact) mass is 304 g/mol. The zero-order chi connectivity index (χ0) is 11.8. The van der Waals surface area contributed by atoms with E-state index < -0.39 is 10.0 Å². The summed E-state index contributed by atoms with van der Waals surface area (Å²) in [6.07, 6.45) is 3.90. The Kier molecular flexibility index (Phi) is 3.32. The van der Waals surface area contributed by atoms with Crippen LogP contribution in [0.25, 0.3) is 0 Å². The molecule has 0 aromatic carbocycles. The first-order chi connectivity index (χ1) is 7.50. The van der Waals surface area contributed by atoms with Crippen LogP contribution >= 0.6 is 15.9 Å². The first-order valence-corrected chi connectivity index (χ1v) is 7.34. The zero-order valence-electron chi connectivity index (χ0n) is 8.93. The smallest absolute Gasteiger partial charge is 0.244 e. The highest BCUT2D eigenvalue weighted by atomic mass is 79.9. The highest BCUT2D eigenvalue weighted by Gasteiger charge is 2.30. The normalized spacial score (nSPS) is 22.5. The lowest BCUT2D eigenvalue weighted by Crippen LogP contribution is -2.28. The molecule has 0 amide bonds. The molecule has 1 aliphatic rings. The average molecular weight is 305 g/mol. The third-order valence-electron chi connectivity index (χ3n) is 2.70. The minimum atomic E-state index is -3.35. The Labute approximate surface area is 104 Å². The van der Waals surface area contributed by atoms with Crippen molar-refractivity contribution in [2.45, 2.75) is 18.2 Å². The summed E-state index contributed by atoms with van der Waals surface area (Å²) in [7, 11) is -3.35. The van der Waals surface area contributed by atoms with Gasteiger partial charge in [0.1, 0.15) is 4.90 Å². The third kappa shape index (κ3) is 2.28. The molecular formula is C10H13BrN2O2S. The van der Waals surface area contributed by atoms with Gasteiger partial charge in [0.05, 0.1) is 0 Å². The van der Waals surface area contributed by atoms with Gasteiger partial charge >= 0.3 is 0 Å². The Hall–Kier alpha value is -0.460. The summed E-state index contributed by atoms with van der Waals surface area (Å²) in [5, 5.41) is 0. The van der Waals surface area contributed by atoms with Crippen LogP contribution < -0.4 is 0 Å². The van der Waals surface area contributed by atoms with Crippen LogP contribution in [0.3, 0.4) is 0 Å². The molecule has 0 spiro atoms. The number of rotatable bonds is 2. The molecule has 1 aromatic rings. The van der Waals surface area contributed by atoms with Crippen LogP contribution in [0.2, 0.25) is 0 Å². The van der Waals surface area contributed by atoms with Crippen molar-refractivity contribution < 1.29 is 8.42 Å². The molecule has 1 aliphatic heterocycles. The quantitative estimate of drug-likeness (QED) is 0.838. The molecule has 1 fully saturated rings. The molecule has 1 aromatic heterocycles. The molecule has 2 rings (SSSR count). The number of aromatic nitrogens is 1. The zero-order valence-corrected chi connectivity index (χ0v) is 11.3. The lowest BCUT2D eigenvalue weighted by molar-refractivity contribution is 0.464. The van der Waals surface area contributed by atoms with Gasteiger partial charge < -0.3 is 0 Å². The van der Waals surface area contributed by atoms with E-state index in [0.717, 1.165) is 6.42 Å². The molecule has 0 aliphatic carbocycles. The molecule has 88 valence electrons. The first-order valence-electron chi connectivity index (χ1n) is 5.11. The van der Waals surface area contributed by atoms with Gasteiger partial charge in [-0.3, -0.25) is 4.98 Å². The second-order valence-electron chi connectivity index (χ2n) is 4.10. The lowest BCUT2D eigenvalue weighted by Gasteiger charge is -2.15. The van der Waals surface area contributed by atoms with E-state index in [4.69, 9.17) is 0 Å². The van der Waals surface area contributed by atoms with Gasteiger partial charge in [0, 0.05) is 30.0 Å². The second-order valence-corrected chi connectivity index (χ2v) is 6.95. The summed E-state index contributed by atoms with van der Waals surface area (Å²) in [6, 6.07) is 1.59. The maximum Gasteiger partial charge on any atom is 0.244 e. The van der Waals surface area contributed by atoms with Gasteiger partial charge in [-0.25, -0.2) is 8.42 Å². The Morgan fingerprint density at radius 3 is 2.81 bits per heavy atom. The third-order valence-corrected chi connectivity index (χ3v) is 4.97. The number of halogens is 1. The van der Waals surface area contributed by atoms with Crippen LogP contribution in [0.15, 0.2) is 27.8 Å². The van der Waals surface area contributed by atoms with E-state index in [2.05, 4.69) is 27.8 Å². The van der Waals surface area contributed by atoms with Crippen LogP contribution in [-0.2, 0) is 10.0 Å². The van der Waals surface area contributed by atoms with Gasteiger partial charge in [-0.05, 0) is 34.3 Å². The van der Waals surface area contributed by atoms with Crippen LogP contribution in [0, 0.1) is 5.92 Å². The van der Waals surface area contributed by atoms with Crippen molar-refractivity contribution in [3.8, 4) is 0 Å². The average Bonchev–Trinajstić information content (AvgIpc) is 2.65. The van der Waals surface area contributed by atoms with Crippen LogP contribution in [0.4, 0.5) is 0 Å². The molecule has 0 unspecified atom stereocenters. The SMILES string of the molecule is C[C@H]1CCN(S(=O)(=O)c2cncc(Br)c2)C1. The summed E-state index contributed by atoms with van der Waals surface area (Å²) in [5.74, 6) is 0.440. The number of pyridine rings is 1. The van der Waals surface area contributed by atoms with Gasteiger partial charge in [0.2, 0.25) is 10.0 Å². The molecule has 16 heavy (non-hydrogen) atoms. The van der Waals surface area contributed by atoms with E-state index in [1.54, 1.807) is 12.3 Å². The maximum absolute atomic E-state index is 12.2. The summed E-state index contributed by atoms with van der Waals surface area (Å²) < 4.78 is 26.6. The van der Waals surface area contributed by atoms with Crippen molar-refractivity contribution in [2.75, 3.05) is 13.1 Å². The van der Waals surface area contributed by atoms with Crippen molar-refractivity contribution >= 4 is 26.0 Å². The van der Waals surface area contributed by atoms with Gasteiger partial charge in [-0.1, -0.05) is 6.92 Å². The molecular weight excluding hydrogens is 292 g/mol.